The number of carboxylic acids is 1. The van der Waals surface area contributed by atoms with E-state index in [1.165, 1.54) is 0 Å². The molecule has 1 heterocycles. The van der Waals surface area contributed by atoms with Crippen LogP contribution in [-0.2, 0) is 14.3 Å². The number of carbonyl (C=O) groups is 3. The average molecular weight is 479 g/mol. The van der Waals surface area contributed by atoms with Crippen LogP contribution in [0.4, 0.5) is 4.79 Å². The van der Waals surface area contributed by atoms with Crippen molar-refractivity contribution in [3.63, 3.8) is 0 Å². The molecule has 7 heteroatoms. The van der Waals surface area contributed by atoms with Gasteiger partial charge < -0.3 is 20.1 Å². The van der Waals surface area contributed by atoms with Gasteiger partial charge in [-0.2, -0.15) is 0 Å². The number of carboxylic acid groups (broad SMARTS) is 1. The van der Waals surface area contributed by atoms with Crippen LogP contribution in [0.15, 0.2) is 48.5 Å². The van der Waals surface area contributed by atoms with E-state index in [4.69, 9.17) is 4.74 Å². The van der Waals surface area contributed by atoms with Crippen LogP contribution in [0.2, 0.25) is 0 Å². The maximum absolute atomic E-state index is 13.3. The van der Waals surface area contributed by atoms with E-state index in [0.717, 1.165) is 28.7 Å². The molecule has 186 valence electrons. The molecule has 35 heavy (non-hydrogen) atoms. The molecule has 0 radical (unpaired) electrons. The molecule has 1 aliphatic heterocycles. The third-order valence-electron chi connectivity index (χ3n) is 7.51. The quantitative estimate of drug-likeness (QED) is 0.582. The number of nitrogens with one attached hydrogen (secondary N) is 1. The zero-order chi connectivity index (χ0) is 25.1. The van der Waals surface area contributed by atoms with Crippen molar-refractivity contribution in [3.8, 4) is 11.1 Å². The van der Waals surface area contributed by atoms with Crippen LogP contribution in [0.5, 0.6) is 0 Å². The van der Waals surface area contributed by atoms with Crippen LogP contribution in [0.1, 0.15) is 50.7 Å². The number of nitrogens with zero attached hydrogens (tertiary/aromatic N) is 1. The number of amides is 2. The molecular weight excluding hydrogens is 444 g/mol. The third kappa shape index (κ3) is 5.19. The Morgan fingerprint density at radius 2 is 1.66 bits per heavy atom. The number of aliphatic carboxylic acids is 1. The second-order valence-corrected chi connectivity index (χ2v) is 9.94. The molecule has 4 atom stereocenters. The largest absolute Gasteiger partial charge is 0.481 e. The molecule has 0 bridgehead atoms. The van der Waals surface area contributed by atoms with Gasteiger partial charge in [-0.05, 0) is 40.5 Å². The summed E-state index contributed by atoms with van der Waals surface area (Å²) in [5.41, 5.74) is 4.55. The van der Waals surface area contributed by atoms with E-state index in [1.54, 1.807) is 4.90 Å². The number of hydrogen-bond donors (Lipinski definition) is 2. The van der Waals surface area contributed by atoms with E-state index in [0.29, 0.717) is 13.0 Å². The minimum Gasteiger partial charge on any atom is -0.481 e. The summed E-state index contributed by atoms with van der Waals surface area (Å²) in [6, 6.07) is 15.5. The molecule has 7 nitrogen and oxygen atoms in total. The summed E-state index contributed by atoms with van der Waals surface area (Å²) < 4.78 is 5.66. The van der Waals surface area contributed by atoms with Crippen LogP contribution in [0.3, 0.4) is 0 Å². The van der Waals surface area contributed by atoms with E-state index in [1.807, 2.05) is 45.0 Å². The van der Waals surface area contributed by atoms with Crippen molar-refractivity contribution >= 4 is 18.0 Å². The molecule has 0 aromatic heterocycles. The molecule has 2 N–H and O–H groups in total. The standard InChI is InChI=1S/C28H34N2O5/c1-4-17(2)13-25(26(31)30-14-18(3)23(15-30)27(32)33)29-28(34)35-16-24-21-11-7-5-9-19(21)20-10-6-8-12-22(20)24/h5-12,17-18,23-25H,4,13-16H2,1-3H3,(H,29,34)(H,32,33)/t17?,18-,23-,25?/m0/s1. The fourth-order valence-electron chi connectivity index (χ4n) is 5.26. The monoisotopic (exact) mass is 478 g/mol. The van der Waals surface area contributed by atoms with Crippen LogP contribution in [-0.4, -0.2) is 53.7 Å². The summed E-state index contributed by atoms with van der Waals surface area (Å²) in [7, 11) is 0. The van der Waals surface area contributed by atoms with Gasteiger partial charge in [-0.15, -0.1) is 0 Å². The van der Waals surface area contributed by atoms with Crippen molar-refractivity contribution in [2.75, 3.05) is 19.7 Å². The molecule has 1 saturated heterocycles. The van der Waals surface area contributed by atoms with Gasteiger partial charge in [-0.25, -0.2) is 4.79 Å². The van der Waals surface area contributed by atoms with E-state index in [9.17, 15) is 19.5 Å². The predicted octanol–water partition coefficient (Wildman–Crippen LogP) is 4.51. The Balaban J connectivity index is 1.43. The Kier molecular flexibility index (Phi) is 7.43. The van der Waals surface area contributed by atoms with Crippen molar-refractivity contribution in [2.24, 2.45) is 17.8 Å². The molecule has 2 aliphatic rings. The third-order valence-corrected chi connectivity index (χ3v) is 7.51. The highest BCUT2D eigenvalue weighted by molar-refractivity contribution is 5.87. The Bertz CT molecular complexity index is 1050. The summed E-state index contributed by atoms with van der Waals surface area (Å²) >= 11 is 0. The highest BCUT2D eigenvalue weighted by Crippen LogP contribution is 2.44. The molecular formula is C28H34N2O5. The van der Waals surface area contributed by atoms with E-state index < -0.39 is 24.0 Å². The van der Waals surface area contributed by atoms with Crippen molar-refractivity contribution in [3.05, 3.63) is 59.7 Å². The van der Waals surface area contributed by atoms with Gasteiger partial charge in [0.25, 0.3) is 0 Å². The van der Waals surface area contributed by atoms with Crippen molar-refractivity contribution in [1.82, 2.24) is 10.2 Å². The highest BCUT2D eigenvalue weighted by Gasteiger charge is 2.39. The van der Waals surface area contributed by atoms with Crippen molar-refractivity contribution in [2.45, 2.75) is 45.6 Å². The summed E-state index contributed by atoms with van der Waals surface area (Å²) in [5.74, 6) is -1.70. The molecule has 0 spiro atoms. The minimum absolute atomic E-state index is 0.0624. The first-order valence-corrected chi connectivity index (χ1v) is 12.4. The zero-order valence-corrected chi connectivity index (χ0v) is 20.6. The van der Waals surface area contributed by atoms with Crippen LogP contribution >= 0.6 is 0 Å². The number of hydrogen-bond acceptors (Lipinski definition) is 4. The lowest BCUT2D eigenvalue weighted by Crippen LogP contribution is -2.49. The van der Waals surface area contributed by atoms with Gasteiger partial charge in [0.2, 0.25) is 5.91 Å². The molecule has 2 unspecified atom stereocenters. The summed E-state index contributed by atoms with van der Waals surface area (Å²) in [6.07, 6.45) is 0.711. The Labute approximate surface area is 206 Å². The number of fused-ring (bicyclic) bond motifs is 3. The lowest BCUT2D eigenvalue weighted by molar-refractivity contribution is -0.142. The average Bonchev–Trinajstić information content (AvgIpc) is 3.40. The predicted molar refractivity (Wildman–Crippen MR) is 133 cm³/mol. The van der Waals surface area contributed by atoms with Gasteiger partial charge in [-0.3, -0.25) is 9.59 Å². The van der Waals surface area contributed by atoms with E-state index >= 15 is 0 Å². The minimum atomic E-state index is -0.893. The number of benzene rings is 2. The molecule has 2 aromatic carbocycles. The molecule has 4 rings (SSSR count). The number of ether oxygens (including phenoxy) is 1. The SMILES string of the molecule is CCC(C)CC(NC(=O)OCC1c2ccccc2-c2ccccc21)C(=O)N1C[C@H](C(=O)O)[C@@H](C)C1. The molecule has 1 aliphatic carbocycles. The van der Waals surface area contributed by atoms with Gasteiger partial charge in [0.15, 0.2) is 0 Å². The molecule has 0 saturated carbocycles. The van der Waals surface area contributed by atoms with Crippen LogP contribution in [0, 0.1) is 17.8 Å². The van der Waals surface area contributed by atoms with E-state index in [-0.39, 0.29) is 36.8 Å². The Morgan fingerprint density at radius 3 is 2.20 bits per heavy atom. The Hall–Kier alpha value is -3.35. The number of alkyl carbamates (subject to hydrolysis) is 1. The fraction of sp³-hybridized carbons (Fsp3) is 0.464. The number of carbonyl (C=O) groups excluding carboxylic acids is 2. The first-order valence-electron chi connectivity index (χ1n) is 12.4. The topological polar surface area (TPSA) is 95.9 Å². The number of rotatable bonds is 8. The van der Waals surface area contributed by atoms with Gasteiger partial charge in [0.05, 0.1) is 5.92 Å². The first-order chi connectivity index (χ1) is 16.8. The smallest absolute Gasteiger partial charge is 0.407 e. The normalized spacial score (nSPS) is 20.6. The highest BCUT2D eigenvalue weighted by atomic mass is 16.5. The van der Waals surface area contributed by atoms with E-state index in [2.05, 4.69) is 29.6 Å². The summed E-state index contributed by atoms with van der Waals surface area (Å²) in [4.78, 5) is 39.2. The molecule has 2 aromatic rings. The van der Waals surface area contributed by atoms with Crippen LogP contribution < -0.4 is 5.32 Å². The van der Waals surface area contributed by atoms with Gasteiger partial charge in [0.1, 0.15) is 12.6 Å². The lowest BCUT2D eigenvalue weighted by atomic mass is 9.98. The van der Waals surface area contributed by atoms with Crippen molar-refractivity contribution < 1.29 is 24.2 Å². The Morgan fingerprint density at radius 1 is 1.06 bits per heavy atom. The lowest BCUT2D eigenvalue weighted by Gasteiger charge is -2.26. The van der Waals surface area contributed by atoms with Gasteiger partial charge in [0, 0.05) is 19.0 Å². The number of likely N-dealkylation sites (tertiary alicyclic amines) is 1. The summed E-state index contributed by atoms with van der Waals surface area (Å²) in [5, 5.41) is 12.2. The zero-order valence-electron chi connectivity index (χ0n) is 20.6. The second-order valence-electron chi connectivity index (χ2n) is 9.94. The molecule has 1 fully saturated rings. The van der Waals surface area contributed by atoms with Gasteiger partial charge >= 0.3 is 12.1 Å². The maximum atomic E-state index is 13.3. The van der Waals surface area contributed by atoms with Gasteiger partial charge in [-0.1, -0.05) is 75.7 Å². The molecule has 2 amide bonds. The maximum Gasteiger partial charge on any atom is 0.407 e. The first kappa shape index (κ1) is 24.8. The summed E-state index contributed by atoms with van der Waals surface area (Å²) in [6.45, 7) is 6.63. The second kappa shape index (κ2) is 10.5. The van der Waals surface area contributed by atoms with Crippen LogP contribution in [0.25, 0.3) is 11.1 Å². The van der Waals surface area contributed by atoms with Crippen molar-refractivity contribution in [1.29, 1.82) is 0 Å². The fourth-order valence-corrected chi connectivity index (χ4v) is 5.26.